The van der Waals surface area contributed by atoms with E-state index in [1.165, 1.54) is 18.2 Å². The Morgan fingerprint density at radius 3 is 3.00 bits per heavy atom. The average Bonchev–Trinajstić information content (AvgIpc) is 2.18. The van der Waals surface area contributed by atoms with Crippen molar-refractivity contribution >= 4 is 17.5 Å². The number of benzene rings is 1. The van der Waals surface area contributed by atoms with Gasteiger partial charge in [0.05, 0.1) is 16.7 Å². The smallest absolute Gasteiger partial charge is 0.253 e. The number of carbonyl (C=O) groups is 1. The molecular formula is C9H7ClN2O2. The van der Waals surface area contributed by atoms with E-state index in [4.69, 9.17) is 22.0 Å². The van der Waals surface area contributed by atoms with Crippen molar-refractivity contribution in [3.63, 3.8) is 0 Å². The number of hydrogen-bond acceptors (Lipinski definition) is 3. The first-order valence-electron chi connectivity index (χ1n) is 3.79. The summed E-state index contributed by atoms with van der Waals surface area (Å²) in [5, 5.41) is 19.9. The molecule has 0 aliphatic rings. The number of hydrogen-bond donors (Lipinski definition) is 2. The fourth-order valence-electron chi connectivity index (χ4n) is 0.902. The van der Waals surface area contributed by atoms with Gasteiger partial charge in [-0.15, -0.1) is 0 Å². The molecule has 1 aromatic rings. The molecular weight excluding hydrogens is 204 g/mol. The van der Waals surface area contributed by atoms with Gasteiger partial charge in [-0.25, -0.2) is 0 Å². The Bertz CT molecular complexity index is 398. The molecule has 72 valence electrons. The highest BCUT2D eigenvalue weighted by Crippen LogP contribution is 2.20. The first kappa shape index (κ1) is 10.4. The van der Waals surface area contributed by atoms with E-state index in [0.29, 0.717) is 0 Å². The summed E-state index contributed by atoms with van der Waals surface area (Å²) in [6.07, 6.45) is 0. The van der Waals surface area contributed by atoms with Gasteiger partial charge in [-0.2, -0.15) is 5.26 Å². The normalized spacial score (nSPS) is 9.14. The highest BCUT2D eigenvalue weighted by molar-refractivity contribution is 6.33. The van der Waals surface area contributed by atoms with Crippen molar-refractivity contribution in [1.29, 1.82) is 5.26 Å². The molecule has 0 aliphatic heterocycles. The third kappa shape index (κ3) is 2.38. The largest absolute Gasteiger partial charge is 0.508 e. The molecule has 14 heavy (non-hydrogen) atoms. The van der Waals surface area contributed by atoms with Gasteiger partial charge in [-0.05, 0) is 18.2 Å². The minimum Gasteiger partial charge on any atom is -0.508 e. The third-order valence-electron chi connectivity index (χ3n) is 1.52. The Balaban J connectivity index is 2.90. The zero-order chi connectivity index (χ0) is 10.6. The number of nitrogens with zero attached hydrogens (tertiary/aromatic N) is 1. The van der Waals surface area contributed by atoms with E-state index in [-0.39, 0.29) is 22.9 Å². The SMILES string of the molecule is N#CCNC(=O)c1cc(O)ccc1Cl. The summed E-state index contributed by atoms with van der Waals surface area (Å²) in [4.78, 5) is 11.3. The standard InChI is InChI=1S/C9H7ClN2O2/c10-8-2-1-6(13)5-7(8)9(14)12-4-3-11/h1-2,5,13H,4H2,(H,12,14). The third-order valence-corrected chi connectivity index (χ3v) is 1.85. The summed E-state index contributed by atoms with van der Waals surface area (Å²) in [5.41, 5.74) is 0.155. The van der Waals surface area contributed by atoms with Crippen molar-refractivity contribution in [3.8, 4) is 11.8 Å². The van der Waals surface area contributed by atoms with Crippen LogP contribution in [0, 0.1) is 11.3 Å². The summed E-state index contributed by atoms with van der Waals surface area (Å²) < 4.78 is 0. The van der Waals surface area contributed by atoms with E-state index < -0.39 is 5.91 Å². The molecule has 2 N–H and O–H groups in total. The highest BCUT2D eigenvalue weighted by atomic mass is 35.5. The summed E-state index contributed by atoms with van der Waals surface area (Å²) in [6.45, 7) is -0.0924. The Morgan fingerprint density at radius 2 is 2.36 bits per heavy atom. The van der Waals surface area contributed by atoms with Crippen LogP contribution < -0.4 is 5.32 Å². The fraction of sp³-hybridized carbons (Fsp3) is 0.111. The lowest BCUT2D eigenvalue weighted by Crippen LogP contribution is -2.23. The molecule has 0 saturated carbocycles. The van der Waals surface area contributed by atoms with Crippen molar-refractivity contribution < 1.29 is 9.90 Å². The zero-order valence-corrected chi connectivity index (χ0v) is 7.88. The molecule has 1 amide bonds. The van der Waals surface area contributed by atoms with E-state index in [1.807, 2.05) is 0 Å². The first-order chi connectivity index (χ1) is 6.65. The number of amides is 1. The Kier molecular flexibility index (Phi) is 3.32. The second-order valence-electron chi connectivity index (χ2n) is 2.50. The molecule has 4 nitrogen and oxygen atoms in total. The second-order valence-corrected chi connectivity index (χ2v) is 2.91. The maximum absolute atomic E-state index is 11.3. The second kappa shape index (κ2) is 4.49. The lowest BCUT2D eigenvalue weighted by molar-refractivity contribution is 0.0958. The van der Waals surface area contributed by atoms with Gasteiger partial charge in [0.1, 0.15) is 12.3 Å². The molecule has 0 bridgehead atoms. The van der Waals surface area contributed by atoms with Crippen molar-refractivity contribution in [2.45, 2.75) is 0 Å². The molecule has 1 aromatic carbocycles. The molecule has 5 heteroatoms. The van der Waals surface area contributed by atoms with Gasteiger partial charge >= 0.3 is 0 Å². The van der Waals surface area contributed by atoms with Crippen LogP contribution in [0.4, 0.5) is 0 Å². The number of phenolic OH excluding ortho intramolecular Hbond substituents is 1. The molecule has 0 fully saturated rings. The van der Waals surface area contributed by atoms with Gasteiger partial charge in [0.2, 0.25) is 0 Å². The molecule has 0 heterocycles. The van der Waals surface area contributed by atoms with E-state index in [1.54, 1.807) is 6.07 Å². The van der Waals surface area contributed by atoms with E-state index >= 15 is 0 Å². The molecule has 0 unspecified atom stereocenters. The summed E-state index contributed by atoms with van der Waals surface area (Å²) >= 11 is 5.72. The Morgan fingerprint density at radius 1 is 1.64 bits per heavy atom. The van der Waals surface area contributed by atoms with Crippen molar-refractivity contribution in [1.82, 2.24) is 5.32 Å². The van der Waals surface area contributed by atoms with Crippen LogP contribution in [-0.4, -0.2) is 17.6 Å². The van der Waals surface area contributed by atoms with Crippen LogP contribution >= 0.6 is 11.6 Å². The molecule has 1 rings (SSSR count). The van der Waals surface area contributed by atoms with Crippen molar-refractivity contribution in [3.05, 3.63) is 28.8 Å². The minimum absolute atomic E-state index is 0.0449. The van der Waals surface area contributed by atoms with Gasteiger partial charge in [0.25, 0.3) is 5.91 Å². The predicted octanol–water partition coefficient (Wildman–Crippen LogP) is 1.30. The monoisotopic (exact) mass is 210 g/mol. The predicted molar refractivity (Wildman–Crippen MR) is 51.1 cm³/mol. The summed E-state index contributed by atoms with van der Waals surface area (Å²) in [7, 11) is 0. The quantitative estimate of drug-likeness (QED) is 0.723. The number of nitrogens with one attached hydrogen (secondary N) is 1. The van der Waals surface area contributed by atoms with Crippen LogP contribution in [0.2, 0.25) is 5.02 Å². The highest BCUT2D eigenvalue weighted by Gasteiger charge is 2.09. The first-order valence-corrected chi connectivity index (χ1v) is 4.16. The zero-order valence-electron chi connectivity index (χ0n) is 7.12. The van der Waals surface area contributed by atoms with E-state index in [0.717, 1.165) is 0 Å². The topological polar surface area (TPSA) is 73.1 Å². The van der Waals surface area contributed by atoms with Gasteiger partial charge in [0.15, 0.2) is 0 Å². The van der Waals surface area contributed by atoms with Crippen LogP contribution in [0.3, 0.4) is 0 Å². The van der Waals surface area contributed by atoms with Gasteiger partial charge in [0, 0.05) is 0 Å². The Labute approximate surface area is 85.7 Å². The number of aromatic hydroxyl groups is 1. The van der Waals surface area contributed by atoms with Crippen molar-refractivity contribution in [2.75, 3.05) is 6.54 Å². The van der Waals surface area contributed by atoms with E-state index in [9.17, 15) is 4.79 Å². The lowest BCUT2D eigenvalue weighted by atomic mass is 10.2. The maximum Gasteiger partial charge on any atom is 0.253 e. The molecule has 0 spiro atoms. The van der Waals surface area contributed by atoms with Gasteiger partial charge < -0.3 is 10.4 Å². The number of nitriles is 1. The number of halogens is 1. The number of carbonyl (C=O) groups excluding carboxylic acids is 1. The lowest BCUT2D eigenvalue weighted by Gasteiger charge is -2.03. The molecule has 0 radical (unpaired) electrons. The average molecular weight is 211 g/mol. The van der Waals surface area contributed by atoms with Gasteiger partial charge in [-0.1, -0.05) is 11.6 Å². The van der Waals surface area contributed by atoms with Crippen LogP contribution in [-0.2, 0) is 0 Å². The van der Waals surface area contributed by atoms with Gasteiger partial charge in [-0.3, -0.25) is 4.79 Å². The van der Waals surface area contributed by atoms with Crippen LogP contribution in [0.25, 0.3) is 0 Å². The van der Waals surface area contributed by atoms with Crippen LogP contribution in [0.1, 0.15) is 10.4 Å². The van der Waals surface area contributed by atoms with Crippen LogP contribution in [0.15, 0.2) is 18.2 Å². The molecule has 0 aromatic heterocycles. The number of rotatable bonds is 2. The number of phenols is 1. The minimum atomic E-state index is -0.479. The van der Waals surface area contributed by atoms with Crippen molar-refractivity contribution in [2.24, 2.45) is 0 Å². The summed E-state index contributed by atoms with van der Waals surface area (Å²) in [5.74, 6) is -0.524. The summed E-state index contributed by atoms with van der Waals surface area (Å²) in [6, 6.07) is 5.80. The molecule has 0 atom stereocenters. The van der Waals surface area contributed by atoms with Crippen LogP contribution in [0.5, 0.6) is 5.75 Å². The fourth-order valence-corrected chi connectivity index (χ4v) is 1.11. The Hall–Kier alpha value is -1.73. The van der Waals surface area contributed by atoms with E-state index in [2.05, 4.69) is 5.32 Å². The molecule has 0 saturated heterocycles. The maximum atomic E-state index is 11.3. The molecule has 0 aliphatic carbocycles.